The number of ether oxygens (including phenoxy) is 3. The summed E-state index contributed by atoms with van der Waals surface area (Å²) in [5.74, 6) is -0.409. The quantitative estimate of drug-likeness (QED) is 0.345. The van der Waals surface area contributed by atoms with Crippen LogP contribution in [-0.2, 0) is 19.1 Å². The van der Waals surface area contributed by atoms with Crippen LogP contribution in [0, 0.1) is 5.92 Å². The van der Waals surface area contributed by atoms with E-state index < -0.39 is 17.9 Å². The second-order valence-electron chi connectivity index (χ2n) is 8.95. The van der Waals surface area contributed by atoms with Crippen LogP contribution < -0.4 is 15.4 Å². The summed E-state index contributed by atoms with van der Waals surface area (Å²) in [5.41, 5.74) is 0.319. The maximum atomic E-state index is 13.1. The van der Waals surface area contributed by atoms with E-state index in [4.69, 9.17) is 26.4 Å². The SMILES string of the molecule is CC(C)CCOc1ccc(Br)cc1C(=O)NC(=S)N1CCNC(=O)C1CC(=O)OCC1CCCO1. The molecule has 2 aliphatic rings. The van der Waals surface area contributed by atoms with E-state index in [1.165, 1.54) is 0 Å². The number of hydrogen-bond acceptors (Lipinski definition) is 7. The summed E-state index contributed by atoms with van der Waals surface area (Å²) in [6.45, 7) is 6.20. The number of hydrogen-bond donors (Lipinski definition) is 2. The highest BCUT2D eigenvalue weighted by molar-refractivity contribution is 9.10. The largest absolute Gasteiger partial charge is 0.493 e. The number of esters is 1. The van der Waals surface area contributed by atoms with Crippen molar-refractivity contribution in [3.05, 3.63) is 28.2 Å². The number of thiocarbonyl (C=S) groups is 1. The highest BCUT2D eigenvalue weighted by atomic mass is 79.9. The fourth-order valence-corrected chi connectivity index (χ4v) is 4.46. The van der Waals surface area contributed by atoms with Crippen LogP contribution in [0.1, 0.15) is 49.9 Å². The topological polar surface area (TPSA) is 106 Å². The molecule has 1 aromatic rings. The zero-order valence-electron chi connectivity index (χ0n) is 20.0. The molecule has 2 fully saturated rings. The Kier molecular flexibility index (Phi) is 10.3. The minimum atomic E-state index is -0.877. The summed E-state index contributed by atoms with van der Waals surface area (Å²) in [6, 6.07) is 4.31. The predicted molar refractivity (Wildman–Crippen MR) is 137 cm³/mol. The van der Waals surface area contributed by atoms with E-state index in [0.29, 0.717) is 48.0 Å². The van der Waals surface area contributed by atoms with E-state index in [1.54, 1.807) is 23.1 Å². The van der Waals surface area contributed by atoms with Gasteiger partial charge in [0.05, 0.1) is 24.7 Å². The van der Waals surface area contributed by atoms with E-state index >= 15 is 0 Å². The molecule has 2 saturated heterocycles. The van der Waals surface area contributed by atoms with Gasteiger partial charge in [-0.15, -0.1) is 0 Å². The first-order valence-corrected chi connectivity index (χ1v) is 13.0. The predicted octanol–water partition coefficient (Wildman–Crippen LogP) is 2.80. The van der Waals surface area contributed by atoms with Crippen LogP contribution in [0.4, 0.5) is 0 Å². The standard InChI is InChI=1S/C24H32BrN3O6S/c1-15(2)7-11-33-20-6-5-16(25)12-18(20)22(30)27-24(35)28-9-8-26-23(31)19(28)13-21(29)34-14-17-4-3-10-32-17/h5-6,12,15,17,19H,3-4,7-11,13-14H2,1-2H3,(H,26,31)(H,27,30,35). The van der Waals surface area contributed by atoms with Crippen LogP contribution in [0.15, 0.2) is 22.7 Å². The van der Waals surface area contributed by atoms with Crippen LogP contribution >= 0.6 is 28.1 Å². The van der Waals surface area contributed by atoms with Gasteiger partial charge in [-0.25, -0.2) is 0 Å². The zero-order chi connectivity index (χ0) is 25.4. The molecule has 35 heavy (non-hydrogen) atoms. The van der Waals surface area contributed by atoms with Crippen molar-refractivity contribution >= 4 is 51.0 Å². The van der Waals surface area contributed by atoms with Gasteiger partial charge in [0.25, 0.3) is 5.91 Å². The molecule has 2 atom stereocenters. The summed E-state index contributed by atoms with van der Waals surface area (Å²) in [7, 11) is 0. The molecule has 2 aliphatic heterocycles. The number of nitrogens with one attached hydrogen (secondary N) is 2. The van der Waals surface area contributed by atoms with Crippen LogP contribution in [-0.4, -0.2) is 72.9 Å². The summed E-state index contributed by atoms with van der Waals surface area (Å²) in [4.78, 5) is 39.6. The fourth-order valence-electron chi connectivity index (χ4n) is 3.79. The van der Waals surface area contributed by atoms with Gasteiger partial charge in [0.15, 0.2) is 5.11 Å². The van der Waals surface area contributed by atoms with Gasteiger partial charge < -0.3 is 24.4 Å². The van der Waals surface area contributed by atoms with Crippen molar-refractivity contribution in [1.82, 2.24) is 15.5 Å². The normalized spacial score (nSPS) is 19.9. The monoisotopic (exact) mass is 569 g/mol. The van der Waals surface area contributed by atoms with Gasteiger partial charge in [0, 0.05) is 24.2 Å². The second-order valence-corrected chi connectivity index (χ2v) is 10.3. The summed E-state index contributed by atoms with van der Waals surface area (Å²) >= 11 is 8.86. The molecule has 2 unspecified atom stereocenters. The highest BCUT2D eigenvalue weighted by Crippen LogP contribution is 2.24. The molecule has 1 aromatic carbocycles. The van der Waals surface area contributed by atoms with E-state index in [-0.39, 0.29) is 30.2 Å². The van der Waals surface area contributed by atoms with E-state index in [1.807, 2.05) is 0 Å². The van der Waals surface area contributed by atoms with Crippen molar-refractivity contribution in [2.45, 2.75) is 51.7 Å². The molecule has 2 heterocycles. The van der Waals surface area contributed by atoms with Gasteiger partial charge in [-0.05, 0) is 55.6 Å². The average molecular weight is 571 g/mol. The lowest BCUT2D eigenvalue weighted by Gasteiger charge is -2.36. The van der Waals surface area contributed by atoms with Gasteiger partial charge in [-0.1, -0.05) is 29.8 Å². The number of carbonyl (C=O) groups excluding carboxylic acids is 3. The number of rotatable bonds is 9. The van der Waals surface area contributed by atoms with Crippen molar-refractivity contribution in [3.63, 3.8) is 0 Å². The van der Waals surface area contributed by atoms with E-state index in [9.17, 15) is 14.4 Å². The number of piperazine rings is 1. The molecule has 3 rings (SSSR count). The molecule has 2 amide bonds. The van der Waals surface area contributed by atoms with Crippen LogP contribution in [0.2, 0.25) is 0 Å². The van der Waals surface area contributed by atoms with Gasteiger partial charge in [0.1, 0.15) is 18.4 Å². The minimum Gasteiger partial charge on any atom is -0.493 e. The summed E-state index contributed by atoms with van der Waals surface area (Å²) < 4.78 is 17.3. The maximum Gasteiger partial charge on any atom is 0.308 e. The average Bonchev–Trinajstić information content (AvgIpc) is 3.33. The first kappa shape index (κ1) is 27.3. The number of amides is 2. The Hall–Kier alpha value is -2.24. The summed E-state index contributed by atoms with van der Waals surface area (Å²) in [5, 5.41) is 5.51. The van der Waals surface area contributed by atoms with Crippen LogP contribution in [0.25, 0.3) is 0 Å². The molecule has 0 aliphatic carbocycles. The lowest BCUT2D eigenvalue weighted by atomic mass is 10.1. The highest BCUT2D eigenvalue weighted by Gasteiger charge is 2.34. The van der Waals surface area contributed by atoms with Crippen molar-refractivity contribution in [3.8, 4) is 5.75 Å². The Morgan fingerprint density at radius 3 is 2.89 bits per heavy atom. The van der Waals surface area contributed by atoms with Gasteiger partial charge >= 0.3 is 5.97 Å². The Morgan fingerprint density at radius 1 is 1.37 bits per heavy atom. The molecule has 0 bridgehead atoms. The molecular weight excluding hydrogens is 538 g/mol. The number of carbonyl (C=O) groups is 3. The Bertz CT molecular complexity index is 938. The molecular formula is C24H32BrN3O6S. The lowest BCUT2D eigenvalue weighted by Crippen LogP contribution is -2.60. The number of halogens is 1. The molecule has 0 radical (unpaired) electrons. The van der Waals surface area contributed by atoms with Gasteiger partial charge in [0.2, 0.25) is 5.91 Å². The third-order valence-electron chi connectivity index (χ3n) is 5.77. The van der Waals surface area contributed by atoms with Gasteiger partial charge in [-0.3, -0.25) is 19.7 Å². The van der Waals surface area contributed by atoms with Crippen molar-refractivity contribution in [2.75, 3.05) is 32.9 Å². The third kappa shape index (κ3) is 8.15. The van der Waals surface area contributed by atoms with E-state index in [0.717, 1.165) is 19.3 Å². The molecule has 0 saturated carbocycles. The first-order valence-electron chi connectivity index (χ1n) is 11.8. The molecule has 0 aromatic heterocycles. The van der Waals surface area contributed by atoms with Crippen LogP contribution in [0.5, 0.6) is 5.75 Å². The Labute approximate surface area is 219 Å². The van der Waals surface area contributed by atoms with E-state index in [2.05, 4.69) is 40.4 Å². The minimum absolute atomic E-state index is 0.0647. The van der Waals surface area contributed by atoms with Crippen molar-refractivity contribution in [1.29, 1.82) is 0 Å². The second kappa shape index (κ2) is 13.2. The zero-order valence-corrected chi connectivity index (χ0v) is 22.4. The van der Waals surface area contributed by atoms with Crippen LogP contribution in [0.3, 0.4) is 0 Å². The lowest BCUT2D eigenvalue weighted by molar-refractivity contribution is -0.150. The Balaban J connectivity index is 1.63. The summed E-state index contributed by atoms with van der Waals surface area (Å²) in [6.07, 6.45) is 2.35. The smallest absolute Gasteiger partial charge is 0.308 e. The van der Waals surface area contributed by atoms with Gasteiger partial charge in [-0.2, -0.15) is 0 Å². The third-order valence-corrected chi connectivity index (χ3v) is 6.60. The van der Waals surface area contributed by atoms with Crippen molar-refractivity contribution < 1.29 is 28.6 Å². The number of nitrogens with zero attached hydrogens (tertiary/aromatic N) is 1. The Morgan fingerprint density at radius 2 is 2.17 bits per heavy atom. The fraction of sp³-hybridized carbons (Fsp3) is 0.583. The molecule has 192 valence electrons. The molecule has 0 spiro atoms. The van der Waals surface area contributed by atoms with Crippen molar-refractivity contribution in [2.24, 2.45) is 5.92 Å². The molecule has 11 heteroatoms. The molecule has 2 N–H and O–H groups in total. The number of benzene rings is 1. The maximum absolute atomic E-state index is 13.1. The molecule has 9 nitrogen and oxygen atoms in total. The first-order chi connectivity index (χ1) is 16.7.